The summed E-state index contributed by atoms with van der Waals surface area (Å²) in [5, 5.41) is 0. The maximum Gasteiger partial charge on any atom is 0.144 e. The Morgan fingerprint density at radius 1 is 1.50 bits per heavy atom. The summed E-state index contributed by atoms with van der Waals surface area (Å²) >= 11 is 0. The predicted molar refractivity (Wildman–Crippen MR) is 74.9 cm³/mol. The van der Waals surface area contributed by atoms with E-state index in [-0.39, 0.29) is 0 Å². The number of rotatable bonds is 3. The second kappa shape index (κ2) is 5.24. The number of hydrogen-bond acceptors (Lipinski definition) is 4. The fourth-order valence-corrected chi connectivity index (χ4v) is 2.62. The van der Waals surface area contributed by atoms with E-state index in [1.165, 1.54) is 25.1 Å². The molecule has 1 aromatic rings. The topological polar surface area (TPSA) is 54.2 Å². The first kappa shape index (κ1) is 13.3. The summed E-state index contributed by atoms with van der Waals surface area (Å²) in [6.07, 6.45) is 3.05. The first-order valence-electron chi connectivity index (χ1n) is 6.63. The number of aromatic nitrogens is 1. The summed E-state index contributed by atoms with van der Waals surface area (Å²) in [4.78, 5) is 6.74. The summed E-state index contributed by atoms with van der Waals surface area (Å²) in [7, 11) is 0. The Labute approximate surface area is 110 Å². The van der Waals surface area contributed by atoms with Crippen LogP contribution < -0.4 is 11.3 Å². The summed E-state index contributed by atoms with van der Waals surface area (Å²) in [6, 6.07) is 4.06. The molecule has 3 N–H and O–H groups in total. The molecule has 1 atom stereocenters. The molecule has 4 nitrogen and oxygen atoms in total. The molecule has 100 valence electrons. The monoisotopic (exact) mass is 248 g/mol. The van der Waals surface area contributed by atoms with E-state index in [1.807, 2.05) is 6.07 Å². The number of pyridine rings is 1. The quantitative estimate of drug-likeness (QED) is 0.636. The van der Waals surface area contributed by atoms with Gasteiger partial charge in [0.25, 0.3) is 0 Å². The Morgan fingerprint density at radius 2 is 2.28 bits per heavy atom. The van der Waals surface area contributed by atoms with Gasteiger partial charge in [-0.15, -0.1) is 0 Å². The fourth-order valence-electron chi connectivity index (χ4n) is 2.62. The van der Waals surface area contributed by atoms with Crippen molar-refractivity contribution >= 4 is 5.82 Å². The van der Waals surface area contributed by atoms with Gasteiger partial charge >= 0.3 is 0 Å². The van der Waals surface area contributed by atoms with Gasteiger partial charge in [0, 0.05) is 24.8 Å². The maximum atomic E-state index is 5.49. The van der Waals surface area contributed by atoms with Crippen molar-refractivity contribution in [2.45, 2.75) is 33.7 Å². The first-order valence-corrected chi connectivity index (χ1v) is 6.63. The average molecular weight is 248 g/mol. The van der Waals surface area contributed by atoms with Crippen LogP contribution in [0.1, 0.15) is 32.8 Å². The molecule has 1 saturated heterocycles. The number of nitrogens with zero attached hydrogens (tertiary/aromatic N) is 2. The van der Waals surface area contributed by atoms with Crippen LogP contribution in [0.4, 0.5) is 5.82 Å². The van der Waals surface area contributed by atoms with Gasteiger partial charge in [0.15, 0.2) is 0 Å². The molecule has 1 aliphatic rings. The minimum absolute atomic E-state index is 0.401. The molecule has 2 heterocycles. The Morgan fingerprint density at radius 3 is 2.89 bits per heavy atom. The van der Waals surface area contributed by atoms with Crippen molar-refractivity contribution in [3.8, 4) is 0 Å². The Balaban J connectivity index is 1.99. The average Bonchev–Trinajstić information content (AvgIpc) is 2.78. The van der Waals surface area contributed by atoms with Gasteiger partial charge in [-0.3, -0.25) is 4.90 Å². The van der Waals surface area contributed by atoms with E-state index in [0.29, 0.717) is 5.41 Å². The normalized spacial score (nSPS) is 21.2. The van der Waals surface area contributed by atoms with Crippen LogP contribution >= 0.6 is 0 Å². The molecule has 0 aliphatic carbocycles. The minimum Gasteiger partial charge on any atom is -0.308 e. The van der Waals surface area contributed by atoms with Gasteiger partial charge in [0.1, 0.15) is 5.82 Å². The molecule has 0 radical (unpaired) electrons. The van der Waals surface area contributed by atoms with Crippen molar-refractivity contribution in [2.75, 3.05) is 18.5 Å². The number of hydrogen-bond donors (Lipinski definition) is 2. The van der Waals surface area contributed by atoms with Crippen LogP contribution in [-0.4, -0.2) is 23.0 Å². The number of likely N-dealkylation sites (tertiary alicyclic amines) is 1. The lowest BCUT2D eigenvalue weighted by atomic mass is 9.80. The molecular weight excluding hydrogens is 224 g/mol. The lowest BCUT2D eigenvalue weighted by Gasteiger charge is -2.27. The molecule has 1 aromatic heterocycles. The molecule has 0 aromatic carbocycles. The molecule has 0 spiro atoms. The number of nitrogen functional groups attached to an aromatic ring is 1. The number of anilines is 1. The third kappa shape index (κ3) is 3.00. The lowest BCUT2D eigenvalue weighted by Crippen LogP contribution is -2.26. The molecule has 4 heteroatoms. The highest BCUT2D eigenvalue weighted by atomic mass is 15.3. The molecular formula is C14H24N4. The van der Waals surface area contributed by atoms with Crippen molar-refractivity contribution in [1.82, 2.24) is 9.88 Å². The molecule has 18 heavy (non-hydrogen) atoms. The van der Waals surface area contributed by atoms with E-state index in [0.717, 1.165) is 18.3 Å². The molecule has 1 aliphatic heterocycles. The minimum atomic E-state index is 0.401. The molecule has 2 rings (SSSR count). The van der Waals surface area contributed by atoms with Crippen LogP contribution in [0.2, 0.25) is 0 Å². The van der Waals surface area contributed by atoms with Crippen LogP contribution in [0.25, 0.3) is 0 Å². The van der Waals surface area contributed by atoms with Crippen LogP contribution in [0, 0.1) is 11.3 Å². The van der Waals surface area contributed by atoms with Crippen molar-refractivity contribution in [3.63, 3.8) is 0 Å². The highest BCUT2D eigenvalue weighted by molar-refractivity contribution is 5.42. The molecule has 0 saturated carbocycles. The highest BCUT2D eigenvalue weighted by Gasteiger charge is 2.31. The molecule has 1 fully saturated rings. The zero-order valence-corrected chi connectivity index (χ0v) is 11.6. The first-order chi connectivity index (χ1) is 8.50. The number of nitrogens with one attached hydrogen (secondary N) is 1. The number of hydrazine groups is 1. The van der Waals surface area contributed by atoms with Gasteiger partial charge in [-0.1, -0.05) is 26.8 Å². The third-order valence-electron chi connectivity index (χ3n) is 3.92. The van der Waals surface area contributed by atoms with E-state index in [2.05, 4.69) is 42.1 Å². The van der Waals surface area contributed by atoms with E-state index in [9.17, 15) is 0 Å². The largest absolute Gasteiger partial charge is 0.308 e. The summed E-state index contributed by atoms with van der Waals surface area (Å²) < 4.78 is 0. The standard InChI is InChI=1S/C14H24N4/c1-14(2,3)12-6-8-18(10-12)9-11-5-4-7-16-13(11)17-15/h4-5,7,12H,6,8-10,15H2,1-3H3,(H,16,17). The maximum absolute atomic E-state index is 5.49. The third-order valence-corrected chi connectivity index (χ3v) is 3.92. The summed E-state index contributed by atoms with van der Waals surface area (Å²) in [5.41, 5.74) is 4.25. The second-order valence-corrected chi connectivity index (χ2v) is 6.24. The Bertz CT molecular complexity index is 397. The lowest BCUT2D eigenvalue weighted by molar-refractivity contribution is 0.226. The van der Waals surface area contributed by atoms with Crippen molar-refractivity contribution in [1.29, 1.82) is 0 Å². The highest BCUT2D eigenvalue weighted by Crippen LogP contribution is 2.34. The summed E-state index contributed by atoms with van der Waals surface area (Å²) in [6.45, 7) is 10.3. The van der Waals surface area contributed by atoms with Crippen molar-refractivity contribution < 1.29 is 0 Å². The van der Waals surface area contributed by atoms with Crippen LogP contribution in [0.3, 0.4) is 0 Å². The van der Waals surface area contributed by atoms with Gasteiger partial charge in [-0.05, 0) is 30.4 Å². The van der Waals surface area contributed by atoms with Crippen molar-refractivity contribution in [3.05, 3.63) is 23.9 Å². The zero-order valence-electron chi connectivity index (χ0n) is 11.6. The van der Waals surface area contributed by atoms with E-state index < -0.39 is 0 Å². The van der Waals surface area contributed by atoms with Crippen LogP contribution in [0.5, 0.6) is 0 Å². The van der Waals surface area contributed by atoms with Crippen molar-refractivity contribution in [2.24, 2.45) is 17.2 Å². The van der Waals surface area contributed by atoms with Gasteiger partial charge in [0.2, 0.25) is 0 Å². The fraction of sp³-hybridized carbons (Fsp3) is 0.643. The summed E-state index contributed by atoms with van der Waals surface area (Å²) in [5.74, 6) is 7.06. The smallest absolute Gasteiger partial charge is 0.144 e. The Kier molecular flexibility index (Phi) is 3.88. The van der Waals surface area contributed by atoms with Crippen LogP contribution in [-0.2, 0) is 6.54 Å². The molecule has 0 amide bonds. The van der Waals surface area contributed by atoms with E-state index in [4.69, 9.17) is 5.84 Å². The van der Waals surface area contributed by atoms with E-state index in [1.54, 1.807) is 6.20 Å². The molecule has 1 unspecified atom stereocenters. The zero-order chi connectivity index (χ0) is 13.2. The van der Waals surface area contributed by atoms with Crippen LogP contribution in [0.15, 0.2) is 18.3 Å². The van der Waals surface area contributed by atoms with Gasteiger partial charge in [-0.2, -0.15) is 0 Å². The van der Waals surface area contributed by atoms with E-state index >= 15 is 0 Å². The predicted octanol–water partition coefficient (Wildman–Crippen LogP) is 2.24. The van der Waals surface area contributed by atoms with Gasteiger partial charge in [-0.25, -0.2) is 10.8 Å². The Hall–Kier alpha value is -1.13. The second-order valence-electron chi connectivity index (χ2n) is 6.24. The molecule has 0 bridgehead atoms. The number of nitrogens with two attached hydrogens (primary N) is 1. The van der Waals surface area contributed by atoms with Gasteiger partial charge in [0.05, 0.1) is 0 Å². The van der Waals surface area contributed by atoms with Gasteiger partial charge < -0.3 is 5.43 Å². The SMILES string of the molecule is CC(C)(C)C1CCN(Cc2cccnc2NN)C1.